The standard InChI is InChI=1S/C30H38N6O7/c1-3-16(2)26(30(42)43)36-29(41)23(13-18-15-33-22-7-5-4-6-20(18)22)35-28(40)24(14-25(32)38)34-27(39)21(31)12-17-8-10-19(37)11-9-17/h4-11,15-16,21,23-24,26,33,37H,3,12-14,31H2,1-2H3,(H2,32,38)(H,34,39)(H,35,40)(H,36,41)(H,42,43). The summed E-state index contributed by atoms with van der Waals surface area (Å²) in [4.78, 5) is 66.6. The van der Waals surface area contributed by atoms with Crippen molar-refractivity contribution in [1.29, 1.82) is 0 Å². The molecule has 0 aliphatic heterocycles. The number of aromatic hydroxyl groups is 1. The van der Waals surface area contributed by atoms with Crippen molar-refractivity contribution < 1.29 is 34.2 Å². The van der Waals surface area contributed by atoms with Gasteiger partial charge in [0.1, 0.15) is 23.9 Å². The van der Waals surface area contributed by atoms with Crippen LogP contribution < -0.4 is 27.4 Å². The van der Waals surface area contributed by atoms with E-state index in [9.17, 15) is 34.2 Å². The van der Waals surface area contributed by atoms with Crippen LogP contribution in [0.5, 0.6) is 5.75 Å². The van der Waals surface area contributed by atoms with Crippen molar-refractivity contribution in [2.45, 2.75) is 63.7 Å². The van der Waals surface area contributed by atoms with E-state index >= 15 is 0 Å². The normalized spacial score (nSPS) is 14.6. The number of carbonyl (C=O) groups excluding carboxylic acids is 4. The highest BCUT2D eigenvalue weighted by Crippen LogP contribution is 2.20. The van der Waals surface area contributed by atoms with Gasteiger partial charge in [-0.05, 0) is 41.7 Å². The summed E-state index contributed by atoms with van der Waals surface area (Å²) in [5.41, 5.74) is 13.5. The molecule has 5 unspecified atom stereocenters. The molecule has 0 bridgehead atoms. The fourth-order valence-corrected chi connectivity index (χ4v) is 4.61. The van der Waals surface area contributed by atoms with Crippen molar-refractivity contribution in [3.63, 3.8) is 0 Å². The van der Waals surface area contributed by atoms with Crippen LogP contribution in [0.25, 0.3) is 10.9 Å². The average molecular weight is 595 g/mol. The van der Waals surface area contributed by atoms with E-state index in [1.807, 2.05) is 24.3 Å². The number of rotatable bonds is 15. The highest BCUT2D eigenvalue weighted by Gasteiger charge is 2.33. The van der Waals surface area contributed by atoms with Crippen LogP contribution in [0.1, 0.15) is 37.8 Å². The predicted octanol–water partition coefficient (Wildman–Crippen LogP) is 0.447. The summed E-state index contributed by atoms with van der Waals surface area (Å²) < 4.78 is 0. The second kappa shape index (κ2) is 14.8. The van der Waals surface area contributed by atoms with Crippen molar-refractivity contribution >= 4 is 40.5 Å². The van der Waals surface area contributed by atoms with Crippen molar-refractivity contribution in [3.8, 4) is 5.75 Å². The molecular formula is C30H38N6O7. The molecule has 3 rings (SSSR count). The summed E-state index contributed by atoms with van der Waals surface area (Å²) in [5, 5.41) is 27.5. The van der Waals surface area contributed by atoms with Crippen molar-refractivity contribution in [2.75, 3.05) is 0 Å². The first-order chi connectivity index (χ1) is 20.4. The molecule has 5 atom stereocenters. The zero-order valence-corrected chi connectivity index (χ0v) is 24.0. The molecule has 1 heterocycles. The van der Waals surface area contributed by atoms with Crippen LogP contribution in [0, 0.1) is 5.92 Å². The number of aromatic amines is 1. The van der Waals surface area contributed by atoms with Crippen LogP contribution in [0.15, 0.2) is 54.7 Å². The maximum Gasteiger partial charge on any atom is 0.326 e. The molecule has 2 aromatic carbocycles. The van der Waals surface area contributed by atoms with Crippen molar-refractivity contribution in [3.05, 3.63) is 65.9 Å². The third-order valence-electron chi connectivity index (χ3n) is 7.28. The summed E-state index contributed by atoms with van der Waals surface area (Å²) in [7, 11) is 0. The van der Waals surface area contributed by atoms with Gasteiger partial charge in [-0.1, -0.05) is 50.6 Å². The Labute approximate surface area is 248 Å². The number of phenols is 1. The minimum absolute atomic E-state index is 0.0218. The minimum Gasteiger partial charge on any atom is -0.508 e. The molecule has 0 fully saturated rings. The SMILES string of the molecule is CCC(C)C(NC(=O)C(Cc1c[nH]c2ccccc12)NC(=O)C(CC(N)=O)NC(=O)C(N)Cc1ccc(O)cc1)C(=O)O. The monoisotopic (exact) mass is 594 g/mol. The van der Waals surface area contributed by atoms with E-state index in [-0.39, 0.29) is 18.6 Å². The maximum absolute atomic E-state index is 13.5. The Balaban J connectivity index is 1.83. The number of phenolic OH excluding ortho intramolecular Hbond substituents is 1. The molecule has 0 aliphatic carbocycles. The molecule has 0 spiro atoms. The van der Waals surface area contributed by atoms with Crippen LogP contribution in [-0.2, 0) is 36.8 Å². The fourth-order valence-electron chi connectivity index (χ4n) is 4.61. The van der Waals surface area contributed by atoms with Gasteiger partial charge in [-0.15, -0.1) is 0 Å². The molecule has 43 heavy (non-hydrogen) atoms. The Hall–Kier alpha value is -4.91. The number of aliphatic carboxylic acids is 1. The number of carbonyl (C=O) groups is 5. The van der Waals surface area contributed by atoms with Gasteiger partial charge in [0, 0.05) is 23.5 Å². The van der Waals surface area contributed by atoms with Gasteiger partial charge in [-0.3, -0.25) is 19.2 Å². The molecule has 230 valence electrons. The highest BCUT2D eigenvalue weighted by atomic mass is 16.4. The number of benzene rings is 2. The van der Waals surface area contributed by atoms with E-state index in [0.29, 0.717) is 17.5 Å². The van der Waals surface area contributed by atoms with Gasteiger partial charge in [-0.25, -0.2) is 4.79 Å². The van der Waals surface area contributed by atoms with E-state index in [0.717, 1.165) is 10.9 Å². The lowest BCUT2D eigenvalue weighted by molar-refractivity contribution is -0.144. The number of carboxylic acids is 1. The Morgan fingerprint density at radius 2 is 1.51 bits per heavy atom. The Morgan fingerprint density at radius 3 is 2.14 bits per heavy atom. The zero-order chi connectivity index (χ0) is 31.7. The second-order valence-corrected chi connectivity index (χ2v) is 10.5. The molecule has 0 radical (unpaired) electrons. The van der Waals surface area contributed by atoms with Crippen LogP contribution in [0.2, 0.25) is 0 Å². The zero-order valence-electron chi connectivity index (χ0n) is 24.0. The summed E-state index contributed by atoms with van der Waals surface area (Å²) >= 11 is 0. The van der Waals surface area contributed by atoms with E-state index in [1.165, 1.54) is 12.1 Å². The number of aromatic nitrogens is 1. The third-order valence-corrected chi connectivity index (χ3v) is 7.28. The summed E-state index contributed by atoms with van der Waals surface area (Å²) in [6.45, 7) is 3.48. The summed E-state index contributed by atoms with van der Waals surface area (Å²) in [6, 6.07) is 8.35. The van der Waals surface area contributed by atoms with Gasteiger partial charge in [0.25, 0.3) is 0 Å². The average Bonchev–Trinajstić information content (AvgIpc) is 3.38. The number of carboxylic acid groups (broad SMARTS) is 1. The molecular weight excluding hydrogens is 556 g/mol. The molecule has 13 heteroatoms. The minimum atomic E-state index is -1.46. The van der Waals surface area contributed by atoms with Crippen LogP contribution in [-0.4, -0.2) is 69.0 Å². The molecule has 0 aliphatic rings. The Bertz CT molecular complexity index is 1450. The molecule has 10 N–H and O–H groups in total. The molecule has 0 saturated carbocycles. The number of hydrogen-bond acceptors (Lipinski definition) is 7. The predicted molar refractivity (Wildman–Crippen MR) is 158 cm³/mol. The Morgan fingerprint density at radius 1 is 0.884 bits per heavy atom. The van der Waals surface area contributed by atoms with Crippen LogP contribution in [0.4, 0.5) is 0 Å². The molecule has 1 aromatic heterocycles. The largest absolute Gasteiger partial charge is 0.508 e. The fraction of sp³-hybridized carbons (Fsp3) is 0.367. The summed E-state index contributed by atoms with van der Waals surface area (Å²) in [6.07, 6.45) is 1.65. The number of nitrogens with two attached hydrogens (primary N) is 2. The number of H-pyrrole nitrogens is 1. The maximum atomic E-state index is 13.5. The van der Waals surface area contributed by atoms with E-state index < -0.39 is 66.1 Å². The van der Waals surface area contributed by atoms with Crippen LogP contribution in [0.3, 0.4) is 0 Å². The van der Waals surface area contributed by atoms with E-state index in [1.54, 1.807) is 32.2 Å². The molecule has 0 saturated heterocycles. The Kier molecular flexibility index (Phi) is 11.2. The topological polar surface area (TPSA) is 230 Å². The number of primary amides is 1. The van der Waals surface area contributed by atoms with Gasteiger partial charge < -0.3 is 42.6 Å². The molecule has 3 aromatic rings. The first kappa shape index (κ1) is 32.6. The van der Waals surface area contributed by atoms with Gasteiger partial charge >= 0.3 is 5.97 Å². The van der Waals surface area contributed by atoms with Gasteiger partial charge in [0.15, 0.2) is 0 Å². The van der Waals surface area contributed by atoms with Gasteiger partial charge in [0.2, 0.25) is 23.6 Å². The van der Waals surface area contributed by atoms with Gasteiger partial charge in [-0.2, -0.15) is 0 Å². The lowest BCUT2D eigenvalue weighted by atomic mass is 9.98. The number of amides is 4. The van der Waals surface area contributed by atoms with E-state index in [2.05, 4.69) is 20.9 Å². The lowest BCUT2D eigenvalue weighted by Gasteiger charge is -2.26. The quantitative estimate of drug-likeness (QED) is 0.123. The third kappa shape index (κ3) is 9.04. The number of hydrogen-bond donors (Lipinski definition) is 8. The molecule has 4 amide bonds. The smallest absolute Gasteiger partial charge is 0.326 e. The highest BCUT2D eigenvalue weighted by molar-refractivity contribution is 5.96. The van der Waals surface area contributed by atoms with Crippen molar-refractivity contribution in [1.82, 2.24) is 20.9 Å². The van der Waals surface area contributed by atoms with Crippen molar-refractivity contribution in [2.24, 2.45) is 17.4 Å². The second-order valence-electron chi connectivity index (χ2n) is 10.5. The lowest BCUT2D eigenvalue weighted by Crippen LogP contribution is -2.58. The number of nitrogens with one attached hydrogen (secondary N) is 4. The number of para-hydroxylation sites is 1. The first-order valence-electron chi connectivity index (χ1n) is 13.9. The van der Waals surface area contributed by atoms with Crippen LogP contribution >= 0.6 is 0 Å². The van der Waals surface area contributed by atoms with E-state index in [4.69, 9.17) is 11.5 Å². The number of fused-ring (bicyclic) bond motifs is 1. The molecule has 13 nitrogen and oxygen atoms in total. The first-order valence-corrected chi connectivity index (χ1v) is 13.9. The summed E-state index contributed by atoms with van der Waals surface area (Å²) in [5.74, 6) is -4.82. The van der Waals surface area contributed by atoms with Gasteiger partial charge in [0.05, 0.1) is 12.5 Å².